The van der Waals surface area contributed by atoms with Crippen molar-refractivity contribution >= 4 is 46.3 Å². The molecule has 0 radical (unpaired) electrons. The van der Waals surface area contributed by atoms with Gasteiger partial charge in [-0.2, -0.15) is 9.97 Å². The standard InChI is InChI=1S/C12H9Cl2FN6/c13-6-3-5(1-2-7(6)15)4-21-10-8(18-12(21)17)9(14)19-11(16)20-10/h1-3H,4H2,(H2,17,18)(H2,16,19,20). The predicted octanol–water partition coefficient (Wildman–Crippen LogP) is 2.48. The highest BCUT2D eigenvalue weighted by Crippen LogP contribution is 2.25. The number of halogens is 3. The number of rotatable bonds is 2. The Morgan fingerprint density at radius 3 is 2.62 bits per heavy atom. The molecule has 0 unspecified atom stereocenters. The van der Waals surface area contributed by atoms with Crippen molar-refractivity contribution in [3.05, 3.63) is 39.8 Å². The molecule has 3 rings (SSSR count). The molecule has 0 aliphatic carbocycles. The zero-order valence-electron chi connectivity index (χ0n) is 10.5. The summed E-state index contributed by atoms with van der Waals surface area (Å²) in [6, 6.07) is 4.39. The Morgan fingerprint density at radius 1 is 1.14 bits per heavy atom. The molecule has 3 aromatic rings. The van der Waals surface area contributed by atoms with Crippen molar-refractivity contribution in [1.82, 2.24) is 19.5 Å². The van der Waals surface area contributed by atoms with Gasteiger partial charge in [0.15, 0.2) is 10.8 Å². The van der Waals surface area contributed by atoms with Crippen LogP contribution < -0.4 is 11.5 Å². The highest BCUT2D eigenvalue weighted by atomic mass is 35.5. The Hall–Kier alpha value is -2.12. The summed E-state index contributed by atoms with van der Waals surface area (Å²) in [6.07, 6.45) is 0. The summed E-state index contributed by atoms with van der Waals surface area (Å²) in [7, 11) is 0. The molecular weight excluding hydrogens is 318 g/mol. The number of nitrogens with two attached hydrogens (primary N) is 2. The molecule has 9 heteroatoms. The summed E-state index contributed by atoms with van der Waals surface area (Å²) < 4.78 is 14.8. The number of benzene rings is 1. The van der Waals surface area contributed by atoms with Crippen LogP contribution in [0.5, 0.6) is 0 Å². The molecule has 2 aromatic heterocycles. The normalized spacial score (nSPS) is 11.2. The number of aromatic nitrogens is 4. The van der Waals surface area contributed by atoms with Crippen LogP contribution >= 0.6 is 23.2 Å². The minimum absolute atomic E-state index is 0.0192. The third kappa shape index (κ3) is 2.45. The van der Waals surface area contributed by atoms with E-state index in [2.05, 4.69) is 15.0 Å². The van der Waals surface area contributed by atoms with E-state index >= 15 is 0 Å². The van der Waals surface area contributed by atoms with Crippen LogP contribution in [0.2, 0.25) is 10.2 Å². The SMILES string of the molecule is Nc1nc(Cl)c2nc(N)n(Cc3ccc(F)c(Cl)c3)c2n1. The number of hydrogen-bond donors (Lipinski definition) is 2. The van der Waals surface area contributed by atoms with Gasteiger partial charge in [-0.15, -0.1) is 0 Å². The molecule has 4 N–H and O–H groups in total. The first-order valence-corrected chi connectivity index (χ1v) is 6.60. The molecule has 0 fully saturated rings. The van der Waals surface area contributed by atoms with E-state index in [0.29, 0.717) is 17.7 Å². The molecule has 0 saturated carbocycles. The Morgan fingerprint density at radius 2 is 1.90 bits per heavy atom. The van der Waals surface area contributed by atoms with Gasteiger partial charge in [-0.1, -0.05) is 29.3 Å². The maximum Gasteiger partial charge on any atom is 0.223 e. The summed E-state index contributed by atoms with van der Waals surface area (Å²) >= 11 is 11.7. The van der Waals surface area contributed by atoms with Crippen LogP contribution in [-0.4, -0.2) is 19.5 Å². The molecular formula is C12H9Cl2FN6. The molecule has 21 heavy (non-hydrogen) atoms. The first kappa shape index (κ1) is 13.8. The van der Waals surface area contributed by atoms with Gasteiger partial charge in [0.1, 0.15) is 11.3 Å². The average molecular weight is 327 g/mol. The zero-order valence-corrected chi connectivity index (χ0v) is 12.0. The second kappa shape index (κ2) is 5.01. The molecule has 0 atom stereocenters. The van der Waals surface area contributed by atoms with E-state index in [1.807, 2.05) is 0 Å². The fraction of sp³-hybridized carbons (Fsp3) is 0.0833. The smallest absolute Gasteiger partial charge is 0.223 e. The van der Waals surface area contributed by atoms with Crippen molar-refractivity contribution in [2.75, 3.05) is 11.5 Å². The molecule has 0 spiro atoms. The van der Waals surface area contributed by atoms with Gasteiger partial charge in [-0.3, -0.25) is 4.57 Å². The maximum absolute atomic E-state index is 13.2. The number of hydrogen-bond acceptors (Lipinski definition) is 5. The van der Waals surface area contributed by atoms with E-state index in [9.17, 15) is 4.39 Å². The van der Waals surface area contributed by atoms with Gasteiger partial charge in [-0.25, -0.2) is 9.37 Å². The lowest BCUT2D eigenvalue weighted by Gasteiger charge is -2.07. The quantitative estimate of drug-likeness (QED) is 0.705. The lowest BCUT2D eigenvalue weighted by molar-refractivity contribution is 0.627. The molecule has 1 aromatic carbocycles. The largest absolute Gasteiger partial charge is 0.369 e. The fourth-order valence-corrected chi connectivity index (χ4v) is 2.39. The Balaban J connectivity index is 2.11. The van der Waals surface area contributed by atoms with Gasteiger partial charge in [-0.05, 0) is 17.7 Å². The van der Waals surface area contributed by atoms with Crippen molar-refractivity contribution < 1.29 is 4.39 Å². The number of anilines is 2. The van der Waals surface area contributed by atoms with E-state index < -0.39 is 5.82 Å². The van der Waals surface area contributed by atoms with Crippen LogP contribution in [0.15, 0.2) is 18.2 Å². The molecule has 0 aliphatic heterocycles. The van der Waals surface area contributed by atoms with Gasteiger partial charge >= 0.3 is 0 Å². The second-order valence-corrected chi connectivity index (χ2v) is 5.11. The molecule has 0 bridgehead atoms. The minimum Gasteiger partial charge on any atom is -0.369 e. The molecule has 0 saturated heterocycles. The van der Waals surface area contributed by atoms with E-state index in [1.54, 1.807) is 10.6 Å². The first-order chi connectivity index (χ1) is 9.95. The van der Waals surface area contributed by atoms with Crippen molar-refractivity contribution in [2.24, 2.45) is 0 Å². The molecule has 108 valence electrons. The lowest BCUT2D eigenvalue weighted by atomic mass is 10.2. The summed E-state index contributed by atoms with van der Waals surface area (Å²) in [5, 5.41) is 0.155. The second-order valence-electron chi connectivity index (χ2n) is 4.35. The monoisotopic (exact) mass is 326 g/mol. The summed E-state index contributed by atoms with van der Waals surface area (Å²) in [6.45, 7) is 0.301. The van der Waals surface area contributed by atoms with Crippen molar-refractivity contribution in [2.45, 2.75) is 6.54 Å². The number of imidazole rings is 1. The summed E-state index contributed by atoms with van der Waals surface area (Å²) in [4.78, 5) is 12.0. The van der Waals surface area contributed by atoms with E-state index in [-0.39, 0.29) is 22.1 Å². The van der Waals surface area contributed by atoms with Crippen LogP contribution in [0.3, 0.4) is 0 Å². The molecule has 6 nitrogen and oxygen atoms in total. The number of nitrogen functional groups attached to an aromatic ring is 2. The summed E-state index contributed by atoms with van der Waals surface area (Å²) in [5.74, 6) is -0.267. The van der Waals surface area contributed by atoms with Gasteiger partial charge in [0.05, 0.1) is 11.6 Å². The van der Waals surface area contributed by atoms with Gasteiger partial charge in [0.2, 0.25) is 11.9 Å². The fourth-order valence-electron chi connectivity index (χ4n) is 1.98. The van der Waals surface area contributed by atoms with Crippen LogP contribution in [0.4, 0.5) is 16.3 Å². The van der Waals surface area contributed by atoms with Crippen LogP contribution in [0.1, 0.15) is 5.56 Å². The average Bonchev–Trinajstić information content (AvgIpc) is 2.72. The van der Waals surface area contributed by atoms with E-state index in [0.717, 1.165) is 5.56 Å². The highest BCUT2D eigenvalue weighted by molar-refractivity contribution is 6.33. The van der Waals surface area contributed by atoms with Crippen LogP contribution in [-0.2, 0) is 6.54 Å². The molecule has 0 amide bonds. The van der Waals surface area contributed by atoms with Crippen LogP contribution in [0, 0.1) is 5.82 Å². The minimum atomic E-state index is -0.488. The topological polar surface area (TPSA) is 95.6 Å². The van der Waals surface area contributed by atoms with Crippen molar-refractivity contribution in [3.8, 4) is 0 Å². The Kier molecular flexibility index (Phi) is 3.30. The lowest BCUT2D eigenvalue weighted by Crippen LogP contribution is -2.06. The molecule has 2 heterocycles. The number of fused-ring (bicyclic) bond motifs is 1. The van der Waals surface area contributed by atoms with Gasteiger partial charge in [0.25, 0.3) is 0 Å². The third-order valence-electron chi connectivity index (χ3n) is 2.92. The highest BCUT2D eigenvalue weighted by Gasteiger charge is 2.15. The Labute approximate surface area is 128 Å². The molecule has 0 aliphatic rings. The van der Waals surface area contributed by atoms with Crippen LogP contribution in [0.25, 0.3) is 11.2 Å². The van der Waals surface area contributed by atoms with Gasteiger partial charge in [0, 0.05) is 0 Å². The van der Waals surface area contributed by atoms with Crippen molar-refractivity contribution in [1.29, 1.82) is 0 Å². The van der Waals surface area contributed by atoms with Gasteiger partial charge < -0.3 is 11.5 Å². The third-order valence-corrected chi connectivity index (χ3v) is 3.48. The predicted molar refractivity (Wildman–Crippen MR) is 79.7 cm³/mol. The number of nitrogens with zero attached hydrogens (tertiary/aromatic N) is 4. The first-order valence-electron chi connectivity index (χ1n) is 5.84. The van der Waals surface area contributed by atoms with Crippen molar-refractivity contribution in [3.63, 3.8) is 0 Å². The Bertz CT molecular complexity index is 847. The van der Waals surface area contributed by atoms with E-state index in [1.165, 1.54) is 12.1 Å². The summed E-state index contributed by atoms with van der Waals surface area (Å²) in [5.41, 5.74) is 12.9. The zero-order chi connectivity index (χ0) is 15.1. The van der Waals surface area contributed by atoms with E-state index in [4.69, 9.17) is 34.7 Å². The maximum atomic E-state index is 13.2.